The van der Waals surface area contributed by atoms with Gasteiger partial charge >= 0.3 is 0 Å². The van der Waals surface area contributed by atoms with Crippen molar-refractivity contribution in [1.82, 2.24) is 0 Å². The van der Waals surface area contributed by atoms with Gasteiger partial charge in [0.05, 0.1) is 29.4 Å². The lowest BCUT2D eigenvalue weighted by Crippen LogP contribution is -2.53. The number of hydrogen-bond donors (Lipinski definition) is 1. The van der Waals surface area contributed by atoms with Crippen molar-refractivity contribution in [1.29, 1.82) is 0 Å². The van der Waals surface area contributed by atoms with Gasteiger partial charge in [-0.15, -0.1) is 0 Å². The number of amides is 2. The summed E-state index contributed by atoms with van der Waals surface area (Å²) in [6.45, 7) is 5.84. The van der Waals surface area contributed by atoms with E-state index in [0.29, 0.717) is 12.2 Å². The van der Waals surface area contributed by atoms with Gasteiger partial charge in [0.1, 0.15) is 0 Å². The van der Waals surface area contributed by atoms with E-state index in [9.17, 15) is 18.0 Å². The molecule has 2 amide bonds. The van der Waals surface area contributed by atoms with Crippen LogP contribution in [0.1, 0.15) is 38.7 Å². The van der Waals surface area contributed by atoms with Gasteiger partial charge < -0.3 is 9.80 Å². The Bertz CT molecular complexity index is 1190. The Labute approximate surface area is 189 Å². The molecule has 0 aromatic heterocycles. The molecule has 0 radical (unpaired) electrons. The third kappa shape index (κ3) is 4.24. The zero-order valence-corrected chi connectivity index (χ0v) is 19.7. The second kappa shape index (κ2) is 8.24. The SMILES string of the molecule is CC(=O)N1c2ccc(-c3ccc(NS(C)(=O)=O)c(C)c3)cc2N(C(=O)C2CCC2)C[C@@H]1C. The molecule has 0 bridgehead atoms. The third-order valence-electron chi connectivity index (χ3n) is 6.33. The van der Waals surface area contributed by atoms with Gasteiger partial charge in [-0.3, -0.25) is 14.3 Å². The summed E-state index contributed by atoms with van der Waals surface area (Å²) in [6, 6.07) is 11.2. The summed E-state index contributed by atoms with van der Waals surface area (Å²) in [4.78, 5) is 29.2. The lowest BCUT2D eigenvalue weighted by Gasteiger charge is -2.43. The number of carbonyl (C=O) groups excluding carboxylic acids is 2. The van der Waals surface area contributed by atoms with Gasteiger partial charge in [-0.2, -0.15) is 0 Å². The molecule has 4 rings (SSSR count). The quantitative estimate of drug-likeness (QED) is 0.757. The van der Waals surface area contributed by atoms with E-state index >= 15 is 0 Å². The molecule has 0 saturated heterocycles. The molecule has 1 aliphatic carbocycles. The predicted molar refractivity (Wildman–Crippen MR) is 127 cm³/mol. The normalized spacial score (nSPS) is 18.7. The molecule has 2 aromatic rings. The summed E-state index contributed by atoms with van der Waals surface area (Å²) < 4.78 is 25.7. The maximum absolute atomic E-state index is 13.2. The van der Waals surface area contributed by atoms with Gasteiger partial charge in [-0.1, -0.05) is 18.6 Å². The highest BCUT2D eigenvalue weighted by atomic mass is 32.2. The van der Waals surface area contributed by atoms with E-state index < -0.39 is 10.0 Å². The van der Waals surface area contributed by atoms with Crippen molar-refractivity contribution in [2.45, 2.75) is 46.1 Å². The van der Waals surface area contributed by atoms with Crippen molar-refractivity contribution in [2.75, 3.05) is 27.3 Å². The molecule has 1 aliphatic heterocycles. The van der Waals surface area contributed by atoms with E-state index in [-0.39, 0.29) is 23.8 Å². The van der Waals surface area contributed by atoms with Crippen LogP contribution in [0.5, 0.6) is 0 Å². The fourth-order valence-electron chi connectivity index (χ4n) is 4.53. The van der Waals surface area contributed by atoms with Crippen LogP contribution in [0.15, 0.2) is 36.4 Å². The molecule has 1 heterocycles. The molecule has 1 fully saturated rings. The van der Waals surface area contributed by atoms with Crippen LogP contribution >= 0.6 is 0 Å². The molecule has 1 saturated carbocycles. The Morgan fingerprint density at radius 2 is 1.69 bits per heavy atom. The van der Waals surface area contributed by atoms with E-state index in [0.717, 1.165) is 53.6 Å². The third-order valence-corrected chi connectivity index (χ3v) is 6.92. The van der Waals surface area contributed by atoms with Crippen molar-refractivity contribution in [3.63, 3.8) is 0 Å². The topological polar surface area (TPSA) is 86.8 Å². The molecule has 1 N–H and O–H groups in total. The summed E-state index contributed by atoms with van der Waals surface area (Å²) in [5.41, 5.74) is 4.65. The Hall–Kier alpha value is -2.87. The highest BCUT2D eigenvalue weighted by Crippen LogP contribution is 2.41. The number of hydrogen-bond acceptors (Lipinski definition) is 4. The molecule has 0 spiro atoms. The lowest BCUT2D eigenvalue weighted by atomic mass is 9.84. The number of aryl methyl sites for hydroxylation is 1. The Morgan fingerprint density at radius 3 is 2.25 bits per heavy atom. The smallest absolute Gasteiger partial charge is 0.230 e. The maximum Gasteiger partial charge on any atom is 0.230 e. The predicted octanol–water partition coefficient (Wildman–Crippen LogP) is 3.92. The fraction of sp³-hybridized carbons (Fsp3) is 0.417. The molecule has 7 nitrogen and oxygen atoms in total. The highest BCUT2D eigenvalue weighted by Gasteiger charge is 2.37. The number of fused-ring (bicyclic) bond motifs is 1. The van der Waals surface area contributed by atoms with Crippen molar-refractivity contribution in [3.05, 3.63) is 42.0 Å². The van der Waals surface area contributed by atoms with Crippen molar-refractivity contribution in [2.24, 2.45) is 5.92 Å². The van der Waals surface area contributed by atoms with Crippen LogP contribution in [0.2, 0.25) is 0 Å². The monoisotopic (exact) mass is 455 g/mol. The van der Waals surface area contributed by atoms with Gasteiger partial charge in [0, 0.05) is 19.4 Å². The number of nitrogens with one attached hydrogen (secondary N) is 1. The first-order valence-corrected chi connectivity index (χ1v) is 12.8. The van der Waals surface area contributed by atoms with Crippen molar-refractivity contribution < 1.29 is 18.0 Å². The number of carbonyl (C=O) groups is 2. The van der Waals surface area contributed by atoms with Gasteiger partial charge in [-0.05, 0) is 67.6 Å². The molecule has 170 valence electrons. The average Bonchev–Trinajstić information content (AvgIpc) is 2.65. The number of anilines is 3. The summed E-state index contributed by atoms with van der Waals surface area (Å²) in [7, 11) is -3.36. The molecular weight excluding hydrogens is 426 g/mol. The molecular formula is C24H29N3O4S. The first-order valence-electron chi connectivity index (χ1n) is 10.9. The zero-order valence-electron chi connectivity index (χ0n) is 18.9. The van der Waals surface area contributed by atoms with Crippen LogP contribution in [0.25, 0.3) is 11.1 Å². The van der Waals surface area contributed by atoms with Crippen LogP contribution in [-0.2, 0) is 19.6 Å². The van der Waals surface area contributed by atoms with Crippen molar-refractivity contribution >= 4 is 38.9 Å². The second-order valence-corrected chi connectivity index (χ2v) is 10.7. The Morgan fingerprint density at radius 1 is 1.03 bits per heavy atom. The summed E-state index contributed by atoms with van der Waals surface area (Å²) >= 11 is 0. The fourth-order valence-corrected chi connectivity index (χ4v) is 5.15. The van der Waals surface area contributed by atoms with Crippen molar-refractivity contribution in [3.8, 4) is 11.1 Å². The van der Waals surface area contributed by atoms with E-state index in [4.69, 9.17) is 0 Å². The molecule has 8 heteroatoms. The minimum absolute atomic E-state index is 0.0470. The zero-order chi connectivity index (χ0) is 23.2. The molecule has 0 unspecified atom stereocenters. The number of nitrogens with zero attached hydrogens (tertiary/aromatic N) is 2. The van der Waals surface area contributed by atoms with E-state index in [1.54, 1.807) is 17.9 Å². The highest BCUT2D eigenvalue weighted by molar-refractivity contribution is 7.92. The van der Waals surface area contributed by atoms with Crippen LogP contribution in [0.3, 0.4) is 0 Å². The minimum Gasteiger partial charge on any atom is -0.308 e. The van der Waals surface area contributed by atoms with E-state index in [2.05, 4.69) is 4.72 Å². The molecule has 32 heavy (non-hydrogen) atoms. The first kappa shape index (κ1) is 22.3. The number of rotatable bonds is 4. The van der Waals surface area contributed by atoms with Crippen LogP contribution < -0.4 is 14.5 Å². The molecule has 2 aromatic carbocycles. The van der Waals surface area contributed by atoms with Gasteiger partial charge in [-0.25, -0.2) is 8.42 Å². The van der Waals surface area contributed by atoms with Crippen LogP contribution in [0, 0.1) is 12.8 Å². The average molecular weight is 456 g/mol. The second-order valence-electron chi connectivity index (χ2n) is 8.92. The van der Waals surface area contributed by atoms with Crippen LogP contribution in [0.4, 0.5) is 17.1 Å². The van der Waals surface area contributed by atoms with Crippen LogP contribution in [-0.4, -0.2) is 39.1 Å². The van der Waals surface area contributed by atoms with E-state index in [1.807, 2.05) is 49.1 Å². The summed E-state index contributed by atoms with van der Waals surface area (Å²) in [5.74, 6) is 0.147. The largest absolute Gasteiger partial charge is 0.308 e. The first-order chi connectivity index (χ1) is 15.0. The van der Waals surface area contributed by atoms with E-state index in [1.165, 1.54) is 0 Å². The Kier molecular flexibility index (Phi) is 5.75. The summed E-state index contributed by atoms with van der Waals surface area (Å²) in [5, 5.41) is 0. The standard InChI is InChI=1S/C24H29N3O4S/c1-15-12-19(8-10-21(15)25-32(4,30)31)20-9-11-22-23(13-20)26(24(29)18-6-5-7-18)14-16(2)27(22)17(3)28/h8-13,16,18,25H,5-7,14H2,1-4H3/t16-/m0/s1. The van der Waals surface area contributed by atoms with Gasteiger partial charge in [0.25, 0.3) is 0 Å². The molecule has 2 aliphatic rings. The lowest BCUT2D eigenvalue weighted by molar-refractivity contribution is -0.125. The van der Waals surface area contributed by atoms with Gasteiger partial charge in [0.2, 0.25) is 21.8 Å². The minimum atomic E-state index is -3.36. The Balaban J connectivity index is 1.76. The number of sulfonamides is 1. The number of benzene rings is 2. The maximum atomic E-state index is 13.2. The summed E-state index contributed by atoms with van der Waals surface area (Å²) in [6.07, 6.45) is 4.05. The molecule has 1 atom stereocenters. The van der Waals surface area contributed by atoms with Gasteiger partial charge in [0.15, 0.2) is 0 Å².